The van der Waals surface area contributed by atoms with Crippen molar-refractivity contribution in [3.63, 3.8) is 0 Å². The molecule has 20 heavy (non-hydrogen) atoms. The van der Waals surface area contributed by atoms with Crippen LogP contribution in [0.2, 0.25) is 10.0 Å². The number of hydrogen-bond acceptors (Lipinski definition) is 3. The molecule has 1 aromatic heterocycles. The topological polar surface area (TPSA) is 95.1 Å². The van der Waals surface area contributed by atoms with Crippen molar-refractivity contribution < 1.29 is 14.7 Å². The van der Waals surface area contributed by atoms with E-state index in [9.17, 15) is 9.59 Å². The number of aromatic carboxylic acids is 1. The van der Waals surface area contributed by atoms with Crippen molar-refractivity contribution >= 4 is 40.9 Å². The maximum Gasteiger partial charge on any atom is 0.353 e. The van der Waals surface area contributed by atoms with Crippen molar-refractivity contribution in [2.24, 2.45) is 0 Å². The van der Waals surface area contributed by atoms with Gasteiger partial charge in [-0.25, -0.2) is 4.79 Å². The molecule has 1 amide bonds. The molecule has 0 radical (unpaired) electrons. The van der Waals surface area contributed by atoms with Crippen LogP contribution in [-0.4, -0.2) is 27.2 Å². The predicted octanol–water partition coefficient (Wildman–Crippen LogP) is 2.60. The number of halogens is 2. The van der Waals surface area contributed by atoms with Crippen LogP contribution in [0.25, 0.3) is 0 Å². The average Bonchev–Trinajstić information content (AvgIpc) is 2.82. The normalized spacial score (nSPS) is 10.3. The van der Waals surface area contributed by atoms with E-state index in [4.69, 9.17) is 28.3 Å². The number of aromatic amines is 1. The van der Waals surface area contributed by atoms with Crippen LogP contribution in [0.4, 0.5) is 5.82 Å². The molecule has 0 aliphatic rings. The van der Waals surface area contributed by atoms with Gasteiger partial charge in [-0.15, -0.1) is 0 Å². The molecular weight excluding hydrogens is 305 g/mol. The Kier molecular flexibility index (Phi) is 4.26. The molecule has 6 nitrogen and oxygen atoms in total. The van der Waals surface area contributed by atoms with E-state index in [1.807, 2.05) is 0 Å². The molecule has 0 unspecified atom stereocenters. The van der Waals surface area contributed by atoms with Crippen molar-refractivity contribution in [3.05, 3.63) is 45.6 Å². The molecule has 104 valence electrons. The van der Waals surface area contributed by atoms with Crippen molar-refractivity contribution in [3.8, 4) is 0 Å². The summed E-state index contributed by atoms with van der Waals surface area (Å²) in [6.07, 6.45) is 0.0755. The Morgan fingerprint density at radius 2 is 2.00 bits per heavy atom. The van der Waals surface area contributed by atoms with Gasteiger partial charge in [-0.2, -0.15) is 5.10 Å². The molecule has 1 aromatic carbocycles. The second-order valence-corrected chi connectivity index (χ2v) is 4.76. The summed E-state index contributed by atoms with van der Waals surface area (Å²) >= 11 is 11.6. The number of nitrogens with zero attached hydrogens (tertiary/aromatic N) is 1. The Morgan fingerprint density at radius 1 is 1.25 bits per heavy atom. The summed E-state index contributed by atoms with van der Waals surface area (Å²) < 4.78 is 0. The van der Waals surface area contributed by atoms with E-state index in [-0.39, 0.29) is 23.8 Å². The molecule has 1 heterocycles. The van der Waals surface area contributed by atoms with Crippen LogP contribution in [0.1, 0.15) is 16.1 Å². The highest BCUT2D eigenvalue weighted by Gasteiger charge is 2.11. The smallest absolute Gasteiger partial charge is 0.353 e. The van der Waals surface area contributed by atoms with Crippen LogP contribution < -0.4 is 5.32 Å². The number of carbonyl (C=O) groups excluding carboxylic acids is 1. The Bertz CT molecular complexity index is 670. The molecule has 8 heteroatoms. The summed E-state index contributed by atoms with van der Waals surface area (Å²) in [5, 5.41) is 17.9. The molecule has 0 aliphatic heterocycles. The molecular formula is C12H9Cl2N3O3. The second-order valence-electron chi connectivity index (χ2n) is 3.95. The van der Waals surface area contributed by atoms with Gasteiger partial charge >= 0.3 is 5.97 Å². The van der Waals surface area contributed by atoms with Crippen LogP contribution in [0, 0.1) is 0 Å². The van der Waals surface area contributed by atoms with Crippen LogP contribution >= 0.6 is 23.2 Å². The van der Waals surface area contributed by atoms with Crippen LogP contribution in [-0.2, 0) is 11.2 Å². The lowest BCUT2D eigenvalue weighted by atomic mass is 10.1. The first kappa shape index (κ1) is 14.4. The Morgan fingerprint density at radius 3 is 2.60 bits per heavy atom. The van der Waals surface area contributed by atoms with E-state index in [0.29, 0.717) is 15.6 Å². The number of nitrogens with one attached hydrogen (secondary N) is 2. The van der Waals surface area contributed by atoms with E-state index >= 15 is 0 Å². The van der Waals surface area contributed by atoms with Crippen molar-refractivity contribution in [2.45, 2.75) is 6.42 Å². The number of aromatic nitrogens is 2. The fourth-order valence-corrected chi connectivity index (χ4v) is 1.84. The highest BCUT2D eigenvalue weighted by atomic mass is 35.5. The lowest BCUT2D eigenvalue weighted by molar-refractivity contribution is -0.115. The number of amides is 1. The van der Waals surface area contributed by atoms with Gasteiger partial charge < -0.3 is 10.4 Å². The molecule has 3 N–H and O–H groups in total. The minimum atomic E-state index is -1.15. The van der Waals surface area contributed by atoms with Crippen LogP contribution in [0.3, 0.4) is 0 Å². The Hall–Kier alpha value is -2.05. The lowest BCUT2D eigenvalue weighted by Crippen LogP contribution is -2.14. The van der Waals surface area contributed by atoms with E-state index in [1.165, 1.54) is 6.07 Å². The summed E-state index contributed by atoms with van der Waals surface area (Å²) in [5.74, 6) is -1.35. The van der Waals surface area contributed by atoms with Crippen LogP contribution in [0.5, 0.6) is 0 Å². The zero-order chi connectivity index (χ0) is 14.7. The summed E-state index contributed by atoms with van der Waals surface area (Å²) in [6.45, 7) is 0. The number of carboxylic acid groups (broad SMARTS) is 1. The molecule has 0 saturated carbocycles. The second kappa shape index (κ2) is 5.94. The number of carbonyl (C=O) groups is 2. The van der Waals surface area contributed by atoms with E-state index in [1.54, 1.807) is 18.2 Å². The monoisotopic (exact) mass is 313 g/mol. The van der Waals surface area contributed by atoms with Gasteiger partial charge in [0.25, 0.3) is 0 Å². The van der Waals surface area contributed by atoms with Gasteiger partial charge in [-0.05, 0) is 17.7 Å². The molecule has 2 rings (SSSR count). The Balaban J connectivity index is 2.01. The maximum absolute atomic E-state index is 11.8. The number of anilines is 1. The summed E-state index contributed by atoms with van der Waals surface area (Å²) in [5.41, 5.74) is 0.584. The van der Waals surface area contributed by atoms with Gasteiger partial charge in [0.05, 0.1) is 16.5 Å². The van der Waals surface area contributed by atoms with Gasteiger partial charge in [0, 0.05) is 6.07 Å². The zero-order valence-corrected chi connectivity index (χ0v) is 11.5. The number of hydrogen-bond donors (Lipinski definition) is 3. The van der Waals surface area contributed by atoms with Crippen molar-refractivity contribution in [1.82, 2.24) is 10.2 Å². The quantitative estimate of drug-likeness (QED) is 0.808. The third-order valence-electron chi connectivity index (χ3n) is 2.42. The summed E-state index contributed by atoms with van der Waals surface area (Å²) in [7, 11) is 0. The first-order chi connectivity index (χ1) is 9.45. The highest BCUT2D eigenvalue weighted by molar-refractivity contribution is 6.42. The predicted molar refractivity (Wildman–Crippen MR) is 74.3 cm³/mol. The molecule has 0 aliphatic carbocycles. The molecule has 0 saturated heterocycles. The lowest BCUT2D eigenvalue weighted by Gasteiger charge is -2.03. The maximum atomic E-state index is 11.8. The zero-order valence-electron chi connectivity index (χ0n) is 9.98. The van der Waals surface area contributed by atoms with Crippen molar-refractivity contribution in [1.29, 1.82) is 0 Å². The van der Waals surface area contributed by atoms with Gasteiger partial charge in [-0.3, -0.25) is 9.89 Å². The SMILES string of the molecule is O=C(Cc1ccc(Cl)c(Cl)c1)Nc1cc(C(=O)O)[nH]n1. The van der Waals surface area contributed by atoms with Gasteiger partial charge in [0.2, 0.25) is 5.91 Å². The summed E-state index contributed by atoms with van der Waals surface area (Å²) in [6, 6.07) is 6.11. The molecule has 2 aromatic rings. The minimum Gasteiger partial charge on any atom is -0.477 e. The third-order valence-corrected chi connectivity index (χ3v) is 3.16. The largest absolute Gasteiger partial charge is 0.477 e. The molecule has 0 spiro atoms. The highest BCUT2D eigenvalue weighted by Crippen LogP contribution is 2.22. The number of rotatable bonds is 4. The van der Waals surface area contributed by atoms with E-state index in [2.05, 4.69) is 15.5 Å². The van der Waals surface area contributed by atoms with Gasteiger partial charge in [0.15, 0.2) is 5.82 Å². The molecule has 0 bridgehead atoms. The van der Waals surface area contributed by atoms with E-state index < -0.39 is 5.97 Å². The Labute approximate surface area is 123 Å². The van der Waals surface area contributed by atoms with Gasteiger partial charge in [0.1, 0.15) is 5.69 Å². The van der Waals surface area contributed by atoms with Crippen LogP contribution in [0.15, 0.2) is 24.3 Å². The fourth-order valence-electron chi connectivity index (χ4n) is 1.52. The van der Waals surface area contributed by atoms with Crippen molar-refractivity contribution in [2.75, 3.05) is 5.32 Å². The molecule has 0 fully saturated rings. The third kappa shape index (κ3) is 3.49. The fraction of sp³-hybridized carbons (Fsp3) is 0.0833. The summed E-state index contributed by atoms with van der Waals surface area (Å²) in [4.78, 5) is 22.4. The first-order valence-electron chi connectivity index (χ1n) is 5.48. The van der Waals surface area contributed by atoms with E-state index in [0.717, 1.165) is 0 Å². The number of benzene rings is 1. The first-order valence-corrected chi connectivity index (χ1v) is 6.24. The van der Waals surface area contributed by atoms with Gasteiger partial charge in [-0.1, -0.05) is 29.3 Å². The number of carboxylic acids is 1. The standard InChI is InChI=1S/C12H9Cl2N3O3/c13-7-2-1-6(3-8(7)14)4-11(18)15-10-5-9(12(19)20)16-17-10/h1-3,5H,4H2,(H,19,20)(H2,15,16,17,18). The molecule has 0 atom stereocenters. The number of H-pyrrole nitrogens is 1. The minimum absolute atomic E-state index is 0.0755. The average molecular weight is 314 g/mol.